The van der Waals surface area contributed by atoms with Crippen LogP contribution < -0.4 is 5.32 Å². The highest BCUT2D eigenvalue weighted by Gasteiger charge is 2.24. The fourth-order valence-corrected chi connectivity index (χ4v) is 2.18. The quantitative estimate of drug-likeness (QED) is 0.840. The van der Waals surface area contributed by atoms with Gasteiger partial charge in [-0.15, -0.1) is 0 Å². The second-order valence-corrected chi connectivity index (χ2v) is 4.61. The van der Waals surface area contributed by atoms with Gasteiger partial charge in [0.25, 0.3) is 0 Å². The maximum atomic E-state index is 12.0. The summed E-state index contributed by atoms with van der Waals surface area (Å²) in [7, 11) is 0. The minimum absolute atomic E-state index is 0.0261. The number of likely N-dealkylation sites (tertiary alicyclic amines) is 1. The second kappa shape index (κ2) is 5.47. The Morgan fingerprint density at radius 1 is 1.53 bits per heavy atom. The molecule has 92 valence electrons. The van der Waals surface area contributed by atoms with Crippen molar-refractivity contribution >= 4 is 23.2 Å². The molecule has 1 saturated heterocycles. The molecule has 0 bridgehead atoms. The van der Waals surface area contributed by atoms with E-state index in [-0.39, 0.29) is 11.9 Å². The summed E-state index contributed by atoms with van der Waals surface area (Å²) >= 11 is 5.89. The minimum Gasteiger partial charge on any atom is -0.322 e. The lowest BCUT2D eigenvalue weighted by atomic mass is 10.2. The Morgan fingerprint density at radius 2 is 2.24 bits per heavy atom. The number of nitrogens with zero attached hydrogens (tertiary/aromatic N) is 2. The lowest BCUT2D eigenvalue weighted by Gasteiger charge is -2.22. The first kappa shape index (κ1) is 12.3. The highest BCUT2D eigenvalue weighted by Crippen LogP contribution is 2.19. The van der Waals surface area contributed by atoms with Gasteiger partial charge in [0.05, 0.1) is 11.7 Å². The van der Waals surface area contributed by atoms with Crippen LogP contribution in [0.15, 0.2) is 18.3 Å². The molecule has 1 aliphatic heterocycles. The summed E-state index contributed by atoms with van der Waals surface area (Å²) in [5.41, 5.74) is 0.574. The maximum absolute atomic E-state index is 12.0. The van der Waals surface area contributed by atoms with Gasteiger partial charge >= 0.3 is 0 Å². The van der Waals surface area contributed by atoms with E-state index in [2.05, 4.69) is 15.2 Å². The van der Waals surface area contributed by atoms with Gasteiger partial charge in [-0.25, -0.2) is 4.98 Å². The van der Waals surface area contributed by atoms with Crippen molar-refractivity contribution < 1.29 is 4.79 Å². The first-order valence-corrected chi connectivity index (χ1v) is 6.21. The molecule has 2 heterocycles. The van der Waals surface area contributed by atoms with Crippen molar-refractivity contribution in [3.05, 3.63) is 23.5 Å². The van der Waals surface area contributed by atoms with E-state index < -0.39 is 0 Å². The van der Waals surface area contributed by atoms with Crippen molar-refractivity contribution in [2.45, 2.75) is 25.8 Å². The van der Waals surface area contributed by atoms with E-state index in [1.54, 1.807) is 18.3 Å². The molecule has 17 heavy (non-hydrogen) atoms. The van der Waals surface area contributed by atoms with Gasteiger partial charge < -0.3 is 5.32 Å². The molecule has 0 saturated carbocycles. The molecule has 1 N–H and O–H groups in total. The zero-order chi connectivity index (χ0) is 12.3. The van der Waals surface area contributed by atoms with Gasteiger partial charge in [0, 0.05) is 6.20 Å². The van der Waals surface area contributed by atoms with Crippen LogP contribution in [-0.2, 0) is 4.79 Å². The van der Waals surface area contributed by atoms with Crippen molar-refractivity contribution in [1.29, 1.82) is 0 Å². The fraction of sp³-hybridized carbons (Fsp3) is 0.500. The summed E-state index contributed by atoms with van der Waals surface area (Å²) < 4.78 is 0. The molecule has 1 atom stereocenters. The topological polar surface area (TPSA) is 45.2 Å². The van der Waals surface area contributed by atoms with E-state index in [1.807, 2.05) is 6.92 Å². The molecular weight excluding hydrogens is 238 g/mol. The zero-order valence-corrected chi connectivity index (χ0v) is 10.6. The molecule has 1 amide bonds. The minimum atomic E-state index is -0.117. The SMILES string of the molecule is CC(C(=O)Nc1cccnc1Cl)N1CCCC1. The van der Waals surface area contributed by atoms with Gasteiger partial charge in [0.15, 0.2) is 5.15 Å². The molecule has 1 aromatic rings. The van der Waals surface area contributed by atoms with Gasteiger partial charge in [0.1, 0.15) is 0 Å². The molecule has 0 spiro atoms. The summed E-state index contributed by atoms with van der Waals surface area (Å²) in [5, 5.41) is 3.14. The van der Waals surface area contributed by atoms with Crippen LogP contribution in [0.2, 0.25) is 5.15 Å². The molecule has 0 aromatic carbocycles. The number of aromatic nitrogens is 1. The van der Waals surface area contributed by atoms with Crippen LogP contribution in [0, 0.1) is 0 Å². The van der Waals surface area contributed by atoms with E-state index in [9.17, 15) is 4.79 Å². The monoisotopic (exact) mass is 253 g/mol. The molecule has 2 rings (SSSR count). The van der Waals surface area contributed by atoms with Gasteiger partial charge in [-0.1, -0.05) is 11.6 Å². The summed E-state index contributed by atoms with van der Waals surface area (Å²) in [5.74, 6) is -0.0261. The Balaban J connectivity index is 1.99. The molecule has 1 fully saturated rings. The highest BCUT2D eigenvalue weighted by molar-refractivity contribution is 6.32. The number of pyridine rings is 1. The first-order chi connectivity index (χ1) is 8.18. The van der Waals surface area contributed by atoms with E-state index >= 15 is 0 Å². The van der Waals surface area contributed by atoms with Gasteiger partial charge in [-0.05, 0) is 45.0 Å². The number of anilines is 1. The molecular formula is C12H16ClN3O. The number of nitrogens with one attached hydrogen (secondary N) is 1. The third-order valence-electron chi connectivity index (χ3n) is 3.08. The predicted octanol–water partition coefficient (Wildman–Crippen LogP) is 2.16. The van der Waals surface area contributed by atoms with Crippen molar-refractivity contribution in [1.82, 2.24) is 9.88 Å². The molecule has 1 aromatic heterocycles. The molecule has 1 aliphatic rings. The summed E-state index contributed by atoms with van der Waals surface area (Å²) in [6.07, 6.45) is 3.94. The predicted molar refractivity (Wildman–Crippen MR) is 68.1 cm³/mol. The average molecular weight is 254 g/mol. The van der Waals surface area contributed by atoms with Crippen LogP contribution in [0.3, 0.4) is 0 Å². The molecule has 5 heteroatoms. The number of hydrogen-bond acceptors (Lipinski definition) is 3. The molecule has 4 nitrogen and oxygen atoms in total. The Labute approximate surface area is 106 Å². The van der Waals surface area contributed by atoms with Gasteiger partial charge in [-0.3, -0.25) is 9.69 Å². The Bertz CT molecular complexity index is 404. The normalized spacial score (nSPS) is 18.0. The lowest BCUT2D eigenvalue weighted by molar-refractivity contribution is -0.120. The van der Waals surface area contributed by atoms with E-state index in [4.69, 9.17) is 11.6 Å². The van der Waals surface area contributed by atoms with E-state index in [0.717, 1.165) is 13.1 Å². The highest BCUT2D eigenvalue weighted by atomic mass is 35.5. The molecule has 0 radical (unpaired) electrons. The number of amides is 1. The molecule has 1 unspecified atom stereocenters. The average Bonchev–Trinajstić information content (AvgIpc) is 2.84. The van der Waals surface area contributed by atoms with Crippen LogP contribution in [-0.4, -0.2) is 34.9 Å². The second-order valence-electron chi connectivity index (χ2n) is 4.25. The Hall–Kier alpha value is -1.13. The van der Waals surface area contributed by atoms with Gasteiger partial charge in [-0.2, -0.15) is 0 Å². The van der Waals surface area contributed by atoms with E-state index in [1.165, 1.54) is 12.8 Å². The Morgan fingerprint density at radius 3 is 2.88 bits per heavy atom. The van der Waals surface area contributed by atoms with Crippen molar-refractivity contribution in [3.63, 3.8) is 0 Å². The lowest BCUT2D eigenvalue weighted by Crippen LogP contribution is -2.40. The third-order valence-corrected chi connectivity index (χ3v) is 3.39. The standard InChI is InChI=1S/C12H16ClN3O/c1-9(16-7-2-3-8-16)12(17)15-10-5-4-6-14-11(10)13/h4-6,9H,2-3,7-8H2,1H3,(H,15,17). The number of hydrogen-bond donors (Lipinski definition) is 1. The van der Waals surface area contributed by atoms with Crippen LogP contribution in [0.4, 0.5) is 5.69 Å². The van der Waals surface area contributed by atoms with Crippen molar-refractivity contribution in [3.8, 4) is 0 Å². The smallest absolute Gasteiger partial charge is 0.241 e. The van der Waals surface area contributed by atoms with Crippen molar-refractivity contribution in [2.75, 3.05) is 18.4 Å². The summed E-state index contributed by atoms with van der Waals surface area (Å²) in [6, 6.07) is 3.39. The largest absolute Gasteiger partial charge is 0.322 e. The first-order valence-electron chi connectivity index (χ1n) is 5.84. The number of carbonyl (C=O) groups is 1. The number of carbonyl (C=O) groups excluding carboxylic acids is 1. The third kappa shape index (κ3) is 2.96. The van der Waals surface area contributed by atoms with Crippen LogP contribution in [0.1, 0.15) is 19.8 Å². The fourth-order valence-electron chi connectivity index (χ4n) is 2.01. The van der Waals surface area contributed by atoms with Crippen LogP contribution in [0.25, 0.3) is 0 Å². The van der Waals surface area contributed by atoms with Gasteiger partial charge in [0.2, 0.25) is 5.91 Å². The molecule has 0 aliphatic carbocycles. The Kier molecular flexibility index (Phi) is 3.97. The van der Waals surface area contributed by atoms with E-state index in [0.29, 0.717) is 10.8 Å². The zero-order valence-electron chi connectivity index (χ0n) is 9.82. The maximum Gasteiger partial charge on any atom is 0.241 e. The van der Waals surface area contributed by atoms with Crippen LogP contribution in [0.5, 0.6) is 0 Å². The summed E-state index contributed by atoms with van der Waals surface area (Å²) in [6.45, 7) is 3.91. The van der Waals surface area contributed by atoms with Crippen molar-refractivity contribution in [2.24, 2.45) is 0 Å². The number of rotatable bonds is 3. The number of halogens is 1. The van der Waals surface area contributed by atoms with Crippen LogP contribution >= 0.6 is 11.6 Å². The summed E-state index contributed by atoms with van der Waals surface area (Å²) in [4.78, 5) is 18.1.